The Morgan fingerprint density at radius 1 is 1.25 bits per heavy atom. The van der Waals surface area contributed by atoms with Crippen LogP contribution in [0, 0.1) is 0 Å². The number of carbonyl (C=O) groups is 2. The summed E-state index contributed by atoms with van der Waals surface area (Å²) in [4.78, 5) is 28.1. The number of amides is 1. The fourth-order valence-corrected chi connectivity index (χ4v) is 2.53. The van der Waals surface area contributed by atoms with Crippen molar-refractivity contribution in [2.45, 2.75) is 37.7 Å². The third-order valence-electron chi connectivity index (χ3n) is 3.70. The highest BCUT2D eigenvalue weighted by Crippen LogP contribution is 2.25. The molecule has 1 amide bonds. The van der Waals surface area contributed by atoms with Crippen LogP contribution in [-0.2, 0) is 21.0 Å². The molecule has 6 nitrogen and oxygen atoms in total. The van der Waals surface area contributed by atoms with Crippen molar-refractivity contribution in [3.63, 3.8) is 0 Å². The predicted molar refractivity (Wildman–Crippen MR) is 76.6 cm³/mol. The molecule has 9 heteroatoms. The highest BCUT2D eigenvalue weighted by Gasteiger charge is 2.48. The van der Waals surface area contributed by atoms with Gasteiger partial charge in [0.2, 0.25) is 0 Å². The molecule has 0 aromatic heterocycles. The van der Waals surface area contributed by atoms with Crippen molar-refractivity contribution in [2.24, 2.45) is 0 Å². The van der Waals surface area contributed by atoms with Crippen LogP contribution in [0.15, 0.2) is 30.3 Å². The third kappa shape index (κ3) is 4.68. The summed E-state index contributed by atoms with van der Waals surface area (Å²) in [5.74, 6) is -3.60. The van der Waals surface area contributed by atoms with Crippen LogP contribution < -0.4 is 5.48 Å². The quantitative estimate of drug-likeness (QED) is 0.794. The molecule has 0 unspecified atom stereocenters. The van der Waals surface area contributed by atoms with Gasteiger partial charge in [-0.05, 0) is 18.4 Å². The van der Waals surface area contributed by atoms with Gasteiger partial charge in [0.25, 0.3) is 0 Å². The van der Waals surface area contributed by atoms with E-state index in [1.807, 2.05) is 30.3 Å². The molecule has 1 aromatic carbocycles. The zero-order valence-corrected chi connectivity index (χ0v) is 12.6. The number of alkyl halides is 3. The SMILES string of the molecule is O=C(O)[C@H]1CC[C@H](NOCc2ccccc2)CN1C(=O)C(F)(F)F. The number of hydrogen-bond donors (Lipinski definition) is 2. The molecule has 1 fully saturated rings. The first-order valence-electron chi connectivity index (χ1n) is 7.31. The Kier molecular flexibility index (Phi) is 5.79. The van der Waals surface area contributed by atoms with Gasteiger partial charge >= 0.3 is 18.1 Å². The van der Waals surface area contributed by atoms with Gasteiger partial charge in [0.05, 0.1) is 6.61 Å². The minimum absolute atomic E-state index is 0.0798. The van der Waals surface area contributed by atoms with Gasteiger partial charge in [0, 0.05) is 12.6 Å². The minimum atomic E-state index is -5.11. The molecule has 0 bridgehead atoms. The van der Waals surface area contributed by atoms with Crippen molar-refractivity contribution in [3.8, 4) is 0 Å². The average Bonchev–Trinajstić information content (AvgIpc) is 2.54. The molecule has 132 valence electrons. The maximum Gasteiger partial charge on any atom is 0.471 e. The lowest BCUT2D eigenvalue weighted by atomic mass is 9.98. The molecular weight excluding hydrogens is 329 g/mol. The largest absolute Gasteiger partial charge is 0.480 e. The molecule has 1 saturated heterocycles. The van der Waals surface area contributed by atoms with Gasteiger partial charge in [0.15, 0.2) is 0 Å². The standard InChI is InChI=1S/C15H17F3N2O4/c16-15(17,18)14(23)20-8-11(6-7-12(20)13(21)22)19-24-9-10-4-2-1-3-5-10/h1-5,11-12,19H,6-9H2,(H,21,22)/t11-,12+/m0/s1. The van der Waals surface area contributed by atoms with Crippen LogP contribution in [0.2, 0.25) is 0 Å². The molecule has 1 aliphatic heterocycles. The number of likely N-dealkylation sites (tertiary alicyclic amines) is 1. The molecular formula is C15H17F3N2O4. The predicted octanol–water partition coefficient (Wildman–Crippen LogP) is 1.71. The van der Waals surface area contributed by atoms with Crippen molar-refractivity contribution in [3.05, 3.63) is 35.9 Å². The zero-order valence-electron chi connectivity index (χ0n) is 12.6. The Hall–Kier alpha value is -2.13. The molecule has 24 heavy (non-hydrogen) atoms. The van der Waals surface area contributed by atoms with E-state index < -0.39 is 30.1 Å². The fourth-order valence-electron chi connectivity index (χ4n) is 2.53. The van der Waals surface area contributed by atoms with Gasteiger partial charge in [-0.1, -0.05) is 30.3 Å². The summed E-state index contributed by atoms with van der Waals surface area (Å²) in [5, 5.41) is 9.02. The second-order valence-electron chi connectivity index (χ2n) is 5.48. The van der Waals surface area contributed by atoms with Crippen LogP contribution in [0.3, 0.4) is 0 Å². The number of aliphatic carboxylic acids is 1. The molecule has 1 heterocycles. The molecule has 0 aliphatic carbocycles. The molecule has 0 spiro atoms. The third-order valence-corrected chi connectivity index (χ3v) is 3.70. The molecule has 0 radical (unpaired) electrons. The van der Waals surface area contributed by atoms with Crippen molar-refractivity contribution < 1.29 is 32.7 Å². The van der Waals surface area contributed by atoms with Crippen LogP contribution in [0.1, 0.15) is 18.4 Å². The summed E-state index contributed by atoms with van der Waals surface area (Å²) in [5.41, 5.74) is 3.48. The normalized spacial score (nSPS) is 21.5. The number of carboxylic acids is 1. The number of hydroxylamine groups is 1. The number of halogens is 3. The molecule has 2 atom stereocenters. The lowest BCUT2D eigenvalue weighted by molar-refractivity contribution is -0.192. The molecule has 2 rings (SSSR count). The van der Waals surface area contributed by atoms with Crippen molar-refractivity contribution >= 4 is 11.9 Å². The number of benzene rings is 1. The zero-order chi connectivity index (χ0) is 17.7. The van der Waals surface area contributed by atoms with Crippen molar-refractivity contribution in [1.29, 1.82) is 0 Å². The van der Waals surface area contributed by atoms with Crippen molar-refractivity contribution in [2.75, 3.05) is 6.54 Å². The molecule has 2 N–H and O–H groups in total. The molecule has 1 aliphatic rings. The van der Waals surface area contributed by atoms with E-state index in [4.69, 9.17) is 9.94 Å². The lowest BCUT2D eigenvalue weighted by Gasteiger charge is -2.37. The van der Waals surface area contributed by atoms with Gasteiger partial charge in [-0.25, -0.2) is 4.79 Å². The molecule has 0 saturated carbocycles. The average molecular weight is 346 g/mol. The van der Waals surface area contributed by atoms with Crippen LogP contribution >= 0.6 is 0 Å². The van der Waals surface area contributed by atoms with Gasteiger partial charge in [-0.2, -0.15) is 18.7 Å². The highest BCUT2D eigenvalue weighted by molar-refractivity contribution is 5.87. The van der Waals surface area contributed by atoms with Gasteiger partial charge in [0.1, 0.15) is 6.04 Å². The monoisotopic (exact) mass is 346 g/mol. The number of nitrogens with zero attached hydrogens (tertiary/aromatic N) is 1. The van der Waals surface area contributed by atoms with E-state index in [2.05, 4.69) is 5.48 Å². The van der Waals surface area contributed by atoms with E-state index in [1.54, 1.807) is 0 Å². The summed E-state index contributed by atoms with van der Waals surface area (Å²) < 4.78 is 37.9. The van der Waals surface area contributed by atoms with Crippen LogP contribution in [-0.4, -0.2) is 46.7 Å². The summed E-state index contributed by atoms with van der Waals surface area (Å²) in [6.45, 7) is -0.184. The van der Waals surface area contributed by atoms with Gasteiger partial charge < -0.3 is 10.0 Å². The number of carboxylic acid groups (broad SMARTS) is 1. The van der Waals surface area contributed by atoms with E-state index in [9.17, 15) is 22.8 Å². The van der Waals surface area contributed by atoms with Crippen molar-refractivity contribution in [1.82, 2.24) is 10.4 Å². The fraction of sp³-hybridized carbons (Fsp3) is 0.467. The summed E-state index contributed by atoms with van der Waals surface area (Å²) in [7, 11) is 0. The number of rotatable bonds is 5. The van der Waals surface area contributed by atoms with Crippen LogP contribution in [0.25, 0.3) is 0 Å². The lowest BCUT2D eigenvalue weighted by Crippen LogP contribution is -2.58. The number of carbonyl (C=O) groups excluding carboxylic acids is 1. The second-order valence-corrected chi connectivity index (χ2v) is 5.48. The first-order chi connectivity index (χ1) is 11.3. The summed E-state index contributed by atoms with van der Waals surface area (Å²) in [6, 6.07) is 7.07. The van der Waals surface area contributed by atoms with Crippen LogP contribution in [0.4, 0.5) is 13.2 Å². The first-order valence-corrected chi connectivity index (χ1v) is 7.31. The van der Waals surface area contributed by atoms with E-state index in [0.29, 0.717) is 4.90 Å². The number of hydrogen-bond acceptors (Lipinski definition) is 4. The molecule has 1 aromatic rings. The Balaban J connectivity index is 1.94. The maximum atomic E-state index is 12.6. The highest BCUT2D eigenvalue weighted by atomic mass is 19.4. The number of piperidine rings is 1. The van der Waals surface area contributed by atoms with E-state index >= 15 is 0 Å². The maximum absolute atomic E-state index is 12.6. The van der Waals surface area contributed by atoms with Gasteiger partial charge in [-0.3, -0.25) is 9.63 Å². The van der Waals surface area contributed by atoms with Gasteiger partial charge in [-0.15, -0.1) is 0 Å². The topological polar surface area (TPSA) is 78.9 Å². The Morgan fingerprint density at radius 3 is 2.50 bits per heavy atom. The second kappa shape index (κ2) is 7.63. The van der Waals surface area contributed by atoms with E-state index in [0.717, 1.165) is 5.56 Å². The number of nitrogens with one attached hydrogen (secondary N) is 1. The summed E-state index contributed by atoms with van der Waals surface area (Å²) in [6.07, 6.45) is -4.91. The first kappa shape index (κ1) is 18.2. The minimum Gasteiger partial charge on any atom is -0.480 e. The van der Waals surface area contributed by atoms with Crippen LogP contribution in [0.5, 0.6) is 0 Å². The Bertz CT molecular complexity index is 580. The Labute approximate surface area is 136 Å². The smallest absolute Gasteiger partial charge is 0.471 e. The van der Waals surface area contributed by atoms with E-state index in [1.165, 1.54) is 0 Å². The Morgan fingerprint density at radius 2 is 1.92 bits per heavy atom. The summed E-state index contributed by atoms with van der Waals surface area (Å²) >= 11 is 0. The van der Waals surface area contributed by atoms with E-state index in [-0.39, 0.29) is 26.0 Å².